The summed E-state index contributed by atoms with van der Waals surface area (Å²) in [7, 11) is 0. The molecule has 1 amide bonds. The van der Waals surface area contributed by atoms with Crippen LogP contribution in [-0.2, 0) is 4.74 Å². The smallest absolute Gasteiger partial charge is 0.410 e. The summed E-state index contributed by atoms with van der Waals surface area (Å²) in [6.45, 7) is 6.39. The van der Waals surface area contributed by atoms with Gasteiger partial charge in [-0.1, -0.05) is 11.6 Å². The molecule has 8 heteroatoms. The minimum Gasteiger partial charge on any atom is -0.444 e. The van der Waals surface area contributed by atoms with Gasteiger partial charge in [0.25, 0.3) is 0 Å². The van der Waals surface area contributed by atoms with E-state index in [9.17, 15) is 4.79 Å². The van der Waals surface area contributed by atoms with Crippen molar-refractivity contribution < 1.29 is 9.53 Å². The van der Waals surface area contributed by atoms with Gasteiger partial charge in [-0.2, -0.15) is 0 Å². The number of likely N-dealkylation sites (tertiary alicyclic amines) is 1. The van der Waals surface area contributed by atoms with E-state index in [1.54, 1.807) is 6.33 Å². The molecule has 0 spiro atoms. The molecule has 2 aromatic rings. The molecule has 1 saturated heterocycles. The molecule has 2 aliphatic rings. The Morgan fingerprint density at radius 1 is 1.29 bits per heavy atom. The van der Waals surface area contributed by atoms with E-state index in [1.807, 2.05) is 25.7 Å². The van der Waals surface area contributed by atoms with Gasteiger partial charge >= 0.3 is 6.09 Å². The Morgan fingerprint density at radius 2 is 2.08 bits per heavy atom. The van der Waals surface area contributed by atoms with Crippen LogP contribution in [0.1, 0.15) is 39.7 Å². The van der Waals surface area contributed by atoms with Crippen molar-refractivity contribution in [2.75, 3.05) is 6.54 Å². The van der Waals surface area contributed by atoms with Gasteiger partial charge in [-0.3, -0.25) is 0 Å². The van der Waals surface area contributed by atoms with E-state index < -0.39 is 5.60 Å². The van der Waals surface area contributed by atoms with Crippen molar-refractivity contribution in [2.45, 2.75) is 51.3 Å². The van der Waals surface area contributed by atoms with E-state index in [1.165, 1.54) is 6.33 Å². The fourth-order valence-electron chi connectivity index (χ4n) is 3.88. The Labute approximate surface area is 145 Å². The van der Waals surface area contributed by atoms with Gasteiger partial charge in [0.2, 0.25) is 0 Å². The highest BCUT2D eigenvalue weighted by Crippen LogP contribution is 2.46. The number of hydrogen-bond acceptors (Lipinski definition) is 5. The maximum atomic E-state index is 12.3. The number of amides is 1. The summed E-state index contributed by atoms with van der Waals surface area (Å²) in [6.07, 6.45) is 4.91. The van der Waals surface area contributed by atoms with Crippen LogP contribution in [0.3, 0.4) is 0 Å². The van der Waals surface area contributed by atoms with Crippen LogP contribution in [0.25, 0.3) is 11.2 Å². The van der Waals surface area contributed by atoms with Crippen molar-refractivity contribution in [1.29, 1.82) is 0 Å². The zero-order valence-electron chi connectivity index (χ0n) is 13.9. The van der Waals surface area contributed by atoms with Gasteiger partial charge in [-0.05, 0) is 39.5 Å². The molecular formula is C16H20ClN5O2. The lowest BCUT2D eigenvalue weighted by Crippen LogP contribution is -2.43. The zero-order valence-corrected chi connectivity index (χ0v) is 14.7. The highest BCUT2D eigenvalue weighted by atomic mass is 35.5. The average Bonchev–Trinajstić information content (AvgIpc) is 3.18. The van der Waals surface area contributed by atoms with E-state index in [0.29, 0.717) is 23.1 Å². The number of hydrogen-bond donors (Lipinski definition) is 0. The largest absolute Gasteiger partial charge is 0.444 e. The molecule has 2 aromatic heterocycles. The molecule has 4 rings (SSSR count). The van der Waals surface area contributed by atoms with Gasteiger partial charge in [0.1, 0.15) is 17.4 Å². The molecule has 1 unspecified atom stereocenters. The van der Waals surface area contributed by atoms with Gasteiger partial charge in [0, 0.05) is 18.6 Å². The van der Waals surface area contributed by atoms with Crippen LogP contribution in [0.5, 0.6) is 0 Å². The summed E-state index contributed by atoms with van der Waals surface area (Å²) in [5, 5.41) is 0.372. The Hall–Kier alpha value is -1.89. The predicted octanol–water partition coefficient (Wildman–Crippen LogP) is 3.05. The van der Waals surface area contributed by atoms with Crippen molar-refractivity contribution in [3.05, 3.63) is 17.8 Å². The first-order valence-electron chi connectivity index (χ1n) is 8.16. The lowest BCUT2D eigenvalue weighted by atomic mass is 10.0. The second-order valence-electron chi connectivity index (χ2n) is 7.57. The van der Waals surface area contributed by atoms with Gasteiger partial charge in [-0.15, -0.1) is 0 Å². The van der Waals surface area contributed by atoms with E-state index in [0.717, 1.165) is 18.5 Å². The third-order valence-electron chi connectivity index (χ3n) is 4.80. The SMILES string of the molecule is CC(C)(C)OC(=O)N1C[C@H]2C[C@@H]1CC2n1cnc2c(Cl)ncnc21. The Kier molecular flexibility index (Phi) is 3.46. The maximum absolute atomic E-state index is 12.3. The number of ether oxygens (including phenoxy) is 1. The molecule has 0 radical (unpaired) electrons. The topological polar surface area (TPSA) is 73.1 Å². The molecule has 1 aliphatic heterocycles. The molecule has 0 aromatic carbocycles. The number of halogens is 1. The van der Waals surface area contributed by atoms with Crippen molar-refractivity contribution in [2.24, 2.45) is 5.92 Å². The molecule has 128 valence electrons. The number of piperidine rings is 1. The lowest BCUT2D eigenvalue weighted by Gasteiger charge is -2.33. The van der Waals surface area contributed by atoms with Crippen molar-refractivity contribution >= 4 is 28.9 Å². The Balaban J connectivity index is 1.54. The summed E-state index contributed by atoms with van der Waals surface area (Å²) in [6, 6.07) is 0.495. The highest BCUT2D eigenvalue weighted by Gasteiger charge is 2.48. The number of rotatable bonds is 1. The molecular weight excluding hydrogens is 330 g/mol. The lowest BCUT2D eigenvalue weighted by molar-refractivity contribution is 0.0167. The minimum absolute atomic E-state index is 0.213. The summed E-state index contributed by atoms with van der Waals surface area (Å²) < 4.78 is 7.60. The standard InChI is InChI=1S/C16H20ClN5O2/c1-16(2,3)24-15(23)21-6-9-4-10(21)5-11(9)22-8-20-12-13(17)18-7-19-14(12)22/h7-11H,4-6H2,1-3H3/t9-,10-,11?/m1/s1. The first kappa shape index (κ1) is 15.6. The van der Waals surface area contributed by atoms with Gasteiger partial charge in [0.15, 0.2) is 10.8 Å². The molecule has 3 heterocycles. The van der Waals surface area contributed by atoms with Gasteiger partial charge in [0.05, 0.1) is 6.33 Å². The van der Waals surface area contributed by atoms with Crippen molar-refractivity contribution in [1.82, 2.24) is 24.4 Å². The van der Waals surface area contributed by atoms with Crippen LogP contribution in [0.15, 0.2) is 12.7 Å². The summed E-state index contributed by atoms with van der Waals surface area (Å²) in [5.74, 6) is 0.383. The fraction of sp³-hybridized carbons (Fsp3) is 0.625. The molecule has 7 nitrogen and oxygen atoms in total. The van der Waals surface area contributed by atoms with Crippen LogP contribution in [0.4, 0.5) is 4.79 Å². The molecule has 0 N–H and O–H groups in total. The summed E-state index contributed by atoms with van der Waals surface area (Å²) in [4.78, 5) is 26.9. The van der Waals surface area contributed by atoms with Gasteiger partial charge < -0.3 is 14.2 Å². The first-order chi connectivity index (χ1) is 11.3. The minimum atomic E-state index is -0.466. The van der Waals surface area contributed by atoms with E-state index >= 15 is 0 Å². The third-order valence-corrected chi connectivity index (χ3v) is 5.08. The van der Waals surface area contributed by atoms with E-state index in [-0.39, 0.29) is 18.2 Å². The Morgan fingerprint density at radius 3 is 2.75 bits per heavy atom. The van der Waals surface area contributed by atoms with E-state index in [4.69, 9.17) is 16.3 Å². The third kappa shape index (κ3) is 2.51. The van der Waals surface area contributed by atoms with Crippen LogP contribution >= 0.6 is 11.6 Å². The molecule has 3 atom stereocenters. The van der Waals surface area contributed by atoms with Crippen molar-refractivity contribution in [3.63, 3.8) is 0 Å². The molecule has 24 heavy (non-hydrogen) atoms. The predicted molar refractivity (Wildman–Crippen MR) is 88.8 cm³/mol. The summed E-state index contributed by atoms with van der Waals surface area (Å²) in [5.41, 5.74) is 0.925. The van der Waals surface area contributed by atoms with Crippen molar-refractivity contribution in [3.8, 4) is 0 Å². The van der Waals surface area contributed by atoms with Crippen LogP contribution in [0, 0.1) is 5.92 Å². The maximum Gasteiger partial charge on any atom is 0.410 e. The molecule has 2 bridgehead atoms. The number of carbonyl (C=O) groups excluding carboxylic acids is 1. The Bertz CT molecular complexity index is 799. The number of fused-ring (bicyclic) bond motifs is 3. The second-order valence-corrected chi connectivity index (χ2v) is 7.93. The fourth-order valence-corrected chi connectivity index (χ4v) is 4.05. The zero-order chi connectivity index (χ0) is 17.1. The van der Waals surface area contributed by atoms with Gasteiger partial charge in [-0.25, -0.2) is 19.7 Å². The quantitative estimate of drug-likeness (QED) is 0.740. The highest BCUT2D eigenvalue weighted by molar-refractivity contribution is 6.33. The van der Waals surface area contributed by atoms with Crippen LogP contribution in [0.2, 0.25) is 5.15 Å². The number of nitrogens with zero attached hydrogens (tertiary/aromatic N) is 5. The second kappa shape index (κ2) is 5.31. The van der Waals surface area contributed by atoms with E-state index in [2.05, 4.69) is 19.5 Å². The summed E-state index contributed by atoms with van der Waals surface area (Å²) >= 11 is 6.09. The number of carbonyl (C=O) groups is 1. The number of imidazole rings is 1. The number of aromatic nitrogens is 4. The van der Waals surface area contributed by atoms with Crippen LogP contribution in [-0.4, -0.2) is 48.7 Å². The normalized spacial score (nSPS) is 26.3. The monoisotopic (exact) mass is 349 g/mol. The molecule has 2 fully saturated rings. The molecule has 1 aliphatic carbocycles. The van der Waals surface area contributed by atoms with Crippen LogP contribution < -0.4 is 0 Å². The average molecular weight is 350 g/mol. The first-order valence-corrected chi connectivity index (χ1v) is 8.54. The molecule has 1 saturated carbocycles.